The maximum absolute atomic E-state index is 11.0. The van der Waals surface area contributed by atoms with Crippen LogP contribution in [0, 0.1) is 6.92 Å². The number of rotatable bonds is 5. The standard InChI is InChI=1S/C19H23ClO/c1-4-19(5-2,16-9-7-6-8-10-16)18(21)15-12-11-14(3)17(20)13-15/h6-13,18,21H,4-5H2,1-3H3. The molecule has 2 rings (SSSR count). The maximum Gasteiger partial charge on any atom is 0.0886 e. The molecule has 0 aliphatic heterocycles. The first-order valence-electron chi connectivity index (χ1n) is 7.54. The van der Waals surface area contributed by atoms with Gasteiger partial charge in [0.1, 0.15) is 0 Å². The lowest BCUT2D eigenvalue weighted by Crippen LogP contribution is -2.32. The van der Waals surface area contributed by atoms with E-state index in [2.05, 4.69) is 26.0 Å². The molecule has 0 fully saturated rings. The van der Waals surface area contributed by atoms with E-state index in [0.717, 1.165) is 24.0 Å². The second-order valence-electron chi connectivity index (χ2n) is 5.64. The number of aliphatic hydroxyl groups excluding tert-OH is 1. The van der Waals surface area contributed by atoms with Gasteiger partial charge in [-0.05, 0) is 42.5 Å². The van der Waals surface area contributed by atoms with Crippen LogP contribution in [0.3, 0.4) is 0 Å². The lowest BCUT2D eigenvalue weighted by atomic mass is 9.69. The highest BCUT2D eigenvalue weighted by atomic mass is 35.5. The predicted molar refractivity (Wildman–Crippen MR) is 89.9 cm³/mol. The largest absolute Gasteiger partial charge is 0.387 e. The number of aryl methyl sites for hydroxylation is 1. The molecule has 0 amide bonds. The second kappa shape index (κ2) is 6.64. The zero-order valence-electron chi connectivity index (χ0n) is 12.9. The summed E-state index contributed by atoms with van der Waals surface area (Å²) in [6.45, 7) is 6.24. The Bertz CT molecular complexity index is 588. The fraction of sp³-hybridized carbons (Fsp3) is 0.368. The van der Waals surface area contributed by atoms with Crippen molar-refractivity contribution >= 4 is 11.6 Å². The van der Waals surface area contributed by atoms with Crippen molar-refractivity contribution in [3.63, 3.8) is 0 Å². The van der Waals surface area contributed by atoms with Crippen molar-refractivity contribution in [3.8, 4) is 0 Å². The van der Waals surface area contributed by atoms with Crippen molar-refractivity contribution in [2.75, 3.05) is 0 Å². The predicted octanol–water partition coefficient (Wildman–Crippen LogP) is 5.44. The summed E-state index contributed by atoms with van der Waals surface area (Å²) >= 11 is 6.23. The first-order chi connectivity index (χ1) is 10.0. The average Bonchev–Trinajstić information content (AvgIpc) is 2.52. The van der Waals surface area contributed by atoms with Gasteiger partial charge >= 0.3 is 0 Å². The van der Waals surface area contributed by atoms with Crippen LogP contribution < -0.4 is 0 Å². The molecule has 1 N–H and O–H groups in total. The second-order valence-corrected chi connectivity index (χ2v) is 6.05. The molecule has 0 bridgehead atoms. The third kappa shape index (κ3) is 3.00. The molecule has 0 saturated heterocycles. The molecule has 2 aromatic rings. The molecule has 0 saturated carbocycles. The summed E-state index contributed by atoms with van der Waals surface area (Å²) in [6.07, 6.45) is 1.19. The van der Waals surface area contributed by atoms with E-state index in [0.29, 0.717) is 5.02 Å². The van der Waals surface area contributed by atoms with Crippen LogP contribution in [0.25, 0.3) is 0 Å². The van der Waals surface area contributed by atoms with Crippen LogP contribution in [0.5, 0.6) is 0 Å². The summed E-state index contributed by atoms with van der Waals surface area (Å²) in [4.78, 5) is 0. The lowest BCUT2D eigenvalue weighted by Gasteiger charge is -2.37. The maximum atomic E-state index is 11.0. The Labute approximate surface area is 132 Å². The SMILES string of the molecule is CCC(CC)(c1ccccc1)C(O)c1ccc(C)c(Cl)c1. The molecule has 21 heavy (non-hydrogen) atoms. The molecule has 1 nitrogen and oxygen atoms in total. The molecule has 1 atom stereocenters. The number of halogens is 1. The number of benzene rings is 2. The van der Waals surface area contributed by atoms with E-state index < -0.39 is 6.10 Å². The van der Waals surface area contributed by atoms with Crippen molar-refractivity contribution in [2.45, 2.75) is 45.1 Å². The van der Waals surface area contributed by atoms with E-state index in [4.69, 9.17) is 11.6 Å². The minimum Gasteiger partial charge on any atom is -0.387 e. The van der Waals surface area contributed by atoms with Crippen LogP contribution in [0.2, 0.25) is 5.02 Å². The van der Waals surface area contributed by atoms with Crippen molar-refractivity contribution < 1.29 is 5.11 Å². The van der Waals surface area contributed by atoms with Gasteiger partial charge in [0.15, 0.2) is 0 Å². The van der Waals surface area contributed by atoms with E-state index >= 15 is 0 Å². The van der Waals surface area contributed by atoms with Crippen molar-refractivity contribution in [3.05, 3.63) is 70.2 Å². The Balaban J connectivity index is 2.49. The monoisotopic (exact) mass is 302 g/mol. The van der Waals surface area contributed by atoms with Gasteiger partial charge in [-0.3, -0.25) is 0 Å². The molecule has 0 radical (unpaired) electrons. The molecule has 0 heterocycles. The first-order valence-corrected chi connectivity index (χ1v) is 7.92. The molecule has 0 aliphatic carbocycles. The molecule has 0 aliphatic rings. The summed E-state index contributed by atoms with van der Waals surface area (Å²) in [5.74, 6) is 0. The van der Waals surface area contributed by atoms with Gasteiger partial charge in [-0.15, -0.1) is 0 Å². The Morgan fingerprint density at radius 1 is 1.05 bits per heavy atom. The molecule has 112 valence electrons. The van der Waals surface area contributed by atoms with Crippen LogP contribution in [0.1, 0.15) is 49.5 Å². The van der Waals surface area contributed by atoms with Crippen LogP contribution in [-0.2, 0) is 5.41 Å². The molecule has 2 heteroatoms. The molecule has 2 aromatic carbocycles. The van der Waals surface area contributed by atoms with Gasteiger partial charge in [0.25, 0.3) is 0 Å². The molecule has 0 aromatic heterocycles. The van der Waals surface area contributed by atoms with Gasteiger partial charge < -0.3 is 5.11 Å². The van der Waals surface area contributed by atoms with Gasteiger partial charge in [0.2, 0.25) is 0 Å². The highest BCUT2D eigenvalue weighted by molar-refractivity contribution is 6.31. The normalized spacial score (nSPS) is 13.2. The van der Waals surface area contributed by atoms with Crippen molar-refractivity contribution in [1.82, 2.24) is 0 Å². The van der Waals surface area contributed by atoms with E-state index in [1.807, 2.05) is 43.3 Å². The van der Waals surface area contributed by atoms with E-state index in [-0.39, 0.29) is 5.41 Å². The van der Waals surface area contributed by atoms with E-state index in [1.165, 1.54) is 5.56 Å². The number of hydrogen-bond acceptors (Lipinski definition) is 1. The van der Waals surface area contributed by atoms with Crippen LogP contribution >= 0.6 is 11.6 Å². The fourth-order valence-electron chi connectivity index (χ4n) is 3.07. The summed E-state index contributed by atoms with van der Waals surface area (Å²) < 4.78 is 0. The Morgan fingerprint density at radius 3 is 2.19 bits per heavy atom. The summed E-state index contributed by atoms with van der Waals surface area (Å²) in [5.41, 5.74) is 2.82. The smallest absolute Gasteiger partial charge is 0.0886 e. The Kier molecular flexibility index (Phi) is 5.08. The van der Waals surface area contributed by atoms with Gasteiger partial charge in [0, 0.05) is 10.4 Å². The van der Waals surface area contributed by atoms with Crippen molar-refractivity contribution in [1.29, 1.82) is 0 Å². The van der Waals surface area contributed by atoms with E-state index in [1.54, 1.807) is 0 Å². The zero-order valence-corrected chi connectivity index (χ0v) is 13.7. The first kappa shape index (κ1) is 16.1. The topological polar surface area (TPSA) is 20.2 Å². The third-order valence-corrected chi connectivity index (χ3v) is 5.05. The Hall–Kier alpha value is -1.31. The van der Waals surface area contributed by atoms with Gasteiger partial charge in [-0.25, -0.2) is 0 Å². The van der Waals surface area contributed by atoms with Gasteiger partial charge in [-0.1, -0.05) is 67.9 Å². The highest BCUT2D eigenvalue weighted by Gasteiger charge is 2.37. The lowest BCUT2D eigenvalue weighted by molar-refractivity contribution is 0.0727. The summed E-state index contributed by atoms with van der Waals surface area (Å²) in [5, 5.41) is 11.7. The molecular formula is C19H23ClO. The van der Waals surface area contributed by atoms with Crippen LogP contribution in [0.15, 0.2) is 48.5 Å². The van der Waals surface area contributed by atoms with Crippen LogP contribution in [-0.4, -0.2) is 5.11 Å². The molecule has 0 spiro atoms. The van der Waals surface area contributed by atoms with Gasteiger partial charge in [-0.2, -0.15) is 0 Å². The minimum absolute atomic E-state index is 0.278. The average molecular weight is 303 g/mol. The van der Waals surface area contributed by atoms with E-state index in [9.17, 15) is 5.11 Å². The third-order valence-electron chi connectivity index (χ3n) is 4.65. The molecular weight excluding hydrogens is 280 g/mol. The number of hydrogen-bond donors (Lipinski definition) is 1. The minimum atomic E-state index is -0.562. The van der Waals surface area contributed by atoms with Crippen molar-refractivity contribution in [2.24, 2.45) is 0 Å². The quantitative estimate of drug-likeness (QED) is 0.779. The summed E-state index contributed by atoms with van der Waals surface area (Å²) in [7, 11) is 0. The fourth-order valence-corrected chi connectivity index (χ4v) is 3.26. The Morgan fingerprint density at radius 2 is 1.67 bits per heavy atom. The van der Waals surface area contributed by atoms with Crippen LogP contribution in [0.4, 0.5) is 0 Å². The molecule has 1 unspecified atom stereocenters. The number of aliphatic hydroxyl groups is 1. The zero-order chi connectivity index (χ0) is 15.5. The van der Waals surface area contributed by atoms with Gasteiger partial charge in [0.05, 0.1) is 6.10 Å². The highest BCUT2D eigenvalue weighted by Crippen LogP contribution is 2.43. The summed E-state index contributed by atoms with van der Waals surface area (Å²) in [6, 6.07) is 16.1.